The Morgan fingerprint density at radius 3 is 2.16 bits per heavy atom. The van der Waals surface area contributed by atoms with Crippen molar-refractivity contribution >= 4 is 17.6 Å². The third-order valence-corrected chi connectivity index (χ3v) is 2.59. The van der Waals surface area contributed by atoms with Crippen molar-refractivity contribution in [1.29, 1.82) is 0 Å². The molecule has 1 aromatic carbocycles. The van der Waals surface area contributed by atoms with Crippen LogP contribution in [0.15, 0.2) is 24.3 Å². The first-order valence-electron chi connectivity index (χ1n) is 6.05. The van der Waals surface area contributed by atoms with Gasteiger partial charge in [0.25, 0.3) is 0 Å². The predicted molar refractivity (Wildman–Crippen MR) is 72.3 cm³/mol. The zero-order chi connectivity index (χ0) is 14.6. The molecule has 5 nitrogen and oxygen atoms in total. The highest BCUT2D eigenvalue weighted by atomic mass is 16.5. The van der Waals surface area contributed by atoms with E-state index in [-0.39, 0.29) is 6.10 Å². The van der Waals surface area contributed by atoms with Crippen LogP contribution in [0.25, 0.3) is 0 Å². The lowest BCUT2D eigenvalue weighted by molar-refractivity contribution is -0.151. The minimum absolute atomic E-state index is 0.0754. The molecule has 0 saturated carbocycles. The maximum atomic E-state index is 11.8. The lowest BCUT2D eigenvalue weighted by Gasteiger charge is -2.18. The monoisotopic (exact) mass is 265 g/mol. The Morgan fingerprint density at radius 1 is 1.21 bits per heavy atom. The molecule has 0 aromatic heterocycles. The van der Waals surface area contributed by atoms with Gasteiger partial charge in [-0.15, -0.1) is 0 Å². The van der Waals surface area contributed by atoms with Crippen molar-refractivity contribution in [3.05, 3.63) is 24.3 Å². The summed E-state index contributed by atoms with van der Waals surface area (Å²) in [5, 5.41) is 11.5. The smallest absolute Gasteiger partial charge is 0.318 e. The van der Waals surface area contributed by atoms with Gasteiger partial charge in [0.05, 0.1) is 6.10 Å². The van der Waals surface area contributed by atoms with Gasteiger partial charge in [0.1, 0.15) is 11.2 Å². The fourth-order valence-electron chi connectivity index (χ4n) is 1.27. The largest absolute Gasteiger partial charge is 0.491 e. The summed E-state index contributed by atoms with van der Waals surface area (Å²) >= 11 is 0. The van der Waals surface area contributed by atoms with Gasteiger partial charge in [-0.3, -0.25) is 9.59 Å². The van der Waals surface area contributed by atoms with Crippen molar-refractivity contribution < 1.29 is 19.4 Å². The van der Waals surface area contributed by atoms with Gasteiger partial charge in [-0.05, 0) is 52.0 Å². The topological polar surface area (TPSA) is 75.6 Å². The number of benzene rings is 1. The first-order chi connectivity index (χ1) is 8.73. The Hall–Kier alpha value is -2.04. The SMILES string of the molecule is CC(C)Oc1ccc(NC(=O)C(C)(C)C(=O)O)cc1. The Balaban J connectivity index is 2.73. The van der Waals surface area contributed by atoms with E-state index in [2.05, 4.69) is 5.32 Å². The lowest BCUT2D eigenvalue weighted by atomic mass is 9.92. The first-order valence-corrected chi connectivity index (χ1v) is 6.05. The minimum atomic E-state index is -1.47. The van der Waals surface area contributed by atoms with Crippen molar-refractivity contribution in [3.63, 3.8) is 0 Å². The zero-order valence-corrected chi connectivity index (χ0v) is 11.6. The quantitative estimate of drug-likeness (QED) is 0.802. The Labute approximate surface area is 112 Å². The normalized spacial score (nSPS) is 11.2. The molecule has 1 amide bonds. The molecule has 0 atom stereocenters. The van der Waals surface area contributed by atoms with Crippen molar-refractivity contribution in [2.24, 2.45) is 5.41 Å². The maximum Gasteiger partial charge on any atom is 0.318 e. The molecule has 104 valence electrons. The van der Waals surface area contributed by atoms with Crippen LogP contribution in [0, 0.1) is 5.41 Å². The molecule has 0 aliphatic carbocycles. The van der Waals surface area contributed by atoms with E-state index >= 15 is 0 Å². The number of nitrogens with one attached hydrogen (secondary N) is 1. The summed E-state index contributed by atoms with van der Waals surface area (Å²) in [6.07, 6.45) is 0.0754. The third kappa shape index (κ3) is 3.98. The summed E-state index contributed by atoms with van der Waals surface area (Å²) in [6, 6.07) is 6.80. The number of anilines is 1. The fraction of sp³-hybridized carbons (Fsp3) is 0.429. The number of amides is 1. The molecular formula is C14H19NO4. The van der Waals surface area contributed by atoms with Crippen molar-refractivity contribution in [1.82, 2.24) is 0 Å². The van der Waals surface area contributed by atoms with E-state index in [0.717, 1.165) is 0 Å². The zero-order valence-electron chi connectivity index (χ0n) is 11.6. The minimum Gasteiger partial charge on any atom is -0.491 e. The highest BCUT2D eigenvalue weighted by molar-refractivity contribution is 6.07. The number of hydrogen-bond donors (Lipinski definition) is 2. The number of carbonyl (C=O) groups is 2. The van der Waals surface area contributed by atoms with E-state index in [4.69, 9.17) is 9.84 Å². The van der Waals surface area contributed by atoms with Crippen LogP contribution in [0.2, 0.25) is 0 Å². The van der Waals surface area contributed by atoms with Crippen molar-refractivity contribution in [3.8, 4) is 5.75 Å². The van der Waals surface area contributed by atoms with E-state index in [9.17, 15) is 9.59 Å². The fourth-order valence-corrected chi connectivity index (χ4v) is 1.27. The lowest BCUT2D eigenvalue weighted by Crippen LogP contribution is -2.37. The van der Waals surface area contributed by atoms with Crippen molar-refractivity contribution in [2.75, 3.05) is 5.32 Å². The number of carbonyl (C=O) groups excluding carboxylic acids is 1. The third-order valence-electron chi connectivity index (χ3n) is 2.59. The molecule has 1 aromatic rings. The van der Waals surface area contributed by atoms with Gasteiger partial charge >= 0.3 is 5.97 Å². The summed E-state index contributed by atoms with van der Waals surface area (Å²) in [5.74, 6) is -1.02. The average Bonchev–Trinajstić information content (AvgIpc) is 2.30. The van der Waals surface area contributed by atoms with Crippen LogP contribution in [-0.2, 0) is 9.59 Å². The van der Waals surface area contributed by atoms with E-state index in [1.165, 1.54) is 13.8 Å². The molecule has 0 heterocycles. The number of carboxylic acid groups (broad SMARTS) is 1. The summed E-state index contributed by atoms with van der Waals surface area (Å²) < 4.78 is 5.47. The highest BCUT2D eigenvalue weighted by Gasteiger charge is 2.35. The molecular weight excluding hydrogens is 246 g/mol. The number of rotatable bonds is 5. The standard InChI is InChI=1S/C14H19NO4/c1-9(2)19-11-7-5-10(6-8-11)15-12(16)14(3,4)13(17)18/h5-9H,1-4H3,(H,15,16)(H,17,18). The van der Waals surface area contributed by atoms with Crippen LogP contribution in [0.5, 0.6) is 5.75 Å². The van der Waals surface area contributed by atoms with Gasteiger partial charge in [0, 0.05) is 5.69 Å². The highest BCUT2D eigenvalue weighted by Crippen LogP contribution is 2.21. The molecule has 0 fully saturated rings. The average molecular weight is 265 g/mol. The second kappa shape index (κ2) is 5.73. The van der Waals surface area contributed by atoms with E-state index in [0.29, 0.717) is 11.4 Å². The van der Waals surface area contributed by atoms with Gasteiger partial charge in [0.2, 0.25) is 5.91 Å². The van der Waals surface area contributed by atoms with Crippen LogP contribution in [0.4, 0.5) is 5.69 Å². The van der Waals surface area contributed by atoms with Crippen molar-refractivity contribution in [2.45, 2.75) is 33.8 Å². The Kier molecular flexibility index (Phi) is 4.53. The summed E-state index contributed by atoms with van der Waals surface area (Å²) in [4.78, 5) is 22.8. The number of ether oxygens (including phenoxy) is 1. The van der Waals surface area contributed by atoms with Crippen LogP contribution in [0.1, 0.15) is 27.7 Å². The molecule has 5 heteroatoms. The van der Waals surface area contributed by atoms with Gasteiger partial charge in [-0.1, -0.05) is 0 Å². The van der Waals surface area contributed by atoms with Crippen LogP contribution < -0.4 is 10.1 Å². The van der Waals surface area contributed by atoms with Gasteiger partial charge < -0.3 is 15.2 Å². The predicted octanol–water partition coefficient (Wildman–Crippen LogP) is 2.52. The summed E-state index contributed by atoms with van der Waals surface area (Å²) in [6.45, 7) is 6.57. The molecule has 0 saturated heterocycles. The Morgan fingerprint density at radius 2 is 1.74 bits per heavy atom. The molecule has 1 rings (SSSR count). The molecule has 0 spiro atoms. The van der Waals surface area contributed by atoms with Gasteiger partial charge in [-0.2, -0.15) is 0 Å². The first kappa shape index (κ1) is 15.0. The second-order valence-corrected chi connectivity index (χ2v) is 5.08. The van der Waals surface area contributed by atoms with E-state index in [1.54, 1.807) is 24.3 Å². The van der Waals surface area contributed by atoms with Crippen LogP contribution in [-0.4, -0.2) is 23.1 Å². The van der Waals surface area contributed by atoms with Crippen LogP contribution >= 0.6 is 0 Å². The molecule has 2 N–H and O–H groups in total. The molecule has 19 heavy (non-hydrogen) atoms. The van der Waals surface area contributed by atoms with Gasteiger partial charge in [-0.25, -0.2) is 0 Å². The second-order valence-electron chi connectivity index (χ2n) is 5.08. The molecule has 0 radical (unpaired) electrons. The molecule has 0 aliphatic heterocycles. The van der Waals surface area contributed by atoms with E-state index in [1.807, 2.05) is 13.8 Å². The molecule has 0 bridgehead atoms. The van der Waals surface area contributed by atoms with Gasteiger partial charge in [0.15, 0.2) is 0 Å². The maximum absolute atomic E-state index is 11.8. The number of carboxylic acids is 1. The van der Waals surface area contributed by atoms with E-state index < -0.39 is 17.3 Å². The molecule has 0 unspecified atom stereocenters. The molecule has 0 aliphatic rings. The Bertz CT molecular complexity index is 463. The number of hydrogen-bond acceptors (Lipinski definition) is 3. The summed E-state index contributed by atoms with van der Waals surface area (Å²) in [7, 11) is 0. The summed E-state index contributed by atoms with van der Waals surface area (Å²) in [5.41, 5.74) is -0.928. The van der Waals surface area contributed by atoms with Crippen LogP contribution in [0.3, 0.4) is 0 Å². The number of aliphatic carboxylic acids is 1.